The van der Waals surface area contributed by atoms with Crippen LogP contribution in [0.3, 0.4) is 0 Å². The lowest BCUT2D eigenvalue weighted by atomic mass is 9.97. The van der Waals surface area contributed by atoms with Crippen LogP contribution in [0.4, 0.5) is 5.69 Å². The van der Waals surface area contributed by atoms with Crippen LogP contribution in [0.5, 0.6) is 5.75 Å². The van der Waals surface area contributed by atoms with Crippen LogP contribution in [0.1, 0.15) is 0 Å². The van der Waals surface area contributed by atoms with Crippen molar-refractivity contribution < 1.29 is 76.5 Å². The molecule has 3 rings (SSSR count). The molecule has 10 atom stereocenters. The van der Waals surface area contributed by atoms with Crippen molar-refractivity contribution in [2.45, 2.75) is 61.4 Å². The molecule has 0 spiro atoms. The lowest BCUT2D eigenvalue weighted by Crippen LogP contribution is -2.65. The molecule has 2 saturated heterocycles. The summed E-state index contributed by atoms with van der Waals surface area (Å²) in [5, 5.41) is 71.3. The molecule has 0 aliphatic carbocycles. The summed E-state index contributed by atoms with van der Waals surface area (Å²) in [4.78, 5) is 21.5. The summed E-state index contributed by atoms with van der Waals surface area (Å²) in [5.74, 6) is -1.84. The van der Waals surface area contributed by atoms with Crippen molar-refractivity contribution in [2.24, 2.45) is 0 Å². The molecule has 18 nitrogen and oxygen atoms in total. The Labute approximate surface area is 207 Å². The van der Waals surface area contributed by atoms with Crippen molar-refractivity contribution in [1.29, 1.82) is 0 Å². The number of nitrogens with zero attached hydrogens (tertiary/aromatic N) is 1. The minimum atomic E-state index is -5.02. The van der Waals surface area contributed by atoms with E-state index in [9.17, 15) is 54.0 Å². The molecule has 2 aliphatic rings. The lowest BCUT2D eigenvalue weighted by Gasteiger charge is -2.45. The molecule has 208 valence electrons. The van der Waals surface area contributed by atoms with E-state index >= 15 is 0 Å². The van der Waals surface area contributed by atoms with Crippen LogP contribution in [0.25, 0.3) is 0 Å². The van der Waals surface area contributed by atoms with Gasteiger partial charge in [-0.05, 0) is 12.1 Å². The zero-order chi connectivity index (χ0) is 27.7. The molecule has 0 bridgehead atoms. The molecule has 0 radical (unpaired) electrons. The van der Waals surface area contributed by atoms with Gasteiger partial charge in [-0.3, -0.25) is 14.7 Å². The van der Waals surface area contributed by atoms with Crippen LogP contribution in [0, 0.1) is 10.1 Å². The number of aliphatic hydroxyl groups is 5. The third-order valence-corrected chi connectivity index (χ3v) is 5.86. The molecule has 0 aromatic heterocycles. The monoisotopic (exact) mass is 557 g/mol. The highest BCUT2D eigenvalue weighted by molar-refractivity contribution is 7.80. The fourth-order valence-corrected chi connectivity index (χ4v) is 3.86. The van der Waals surface area contributed by atoms with Crippen LogP contribution < -0.4 is 4.74 Å². The molecule has 2 heterocycles. The number of carboxylic acid groups (broad SMARTS) is 1. The van der Waals surface area contributed by atoms with Crippen molar-refractivity contribution in [3.8, 4) is 5.75 Å². The highest BCUT2D eigenvalue weighted by atomic mass is 32.3. The number of hydrogen-bond acceptors (Lipinski definition) is 15. The normalized spacial score (nSPS) is 36.6. The van der Waals surface area contributed by atoms with E-state index in [1.807, 2.05) is 0 Å². The molecule has 19 heteroatoms. The van der Waals surface area contributed by atoms with E-state index < -0.39 is 89.3 Å². The quantitative estimate of drug-likeness (QED) is 0.0881. The van der Waals surface area contributed by atoms with Crippen LogP contribution in [0.15, 0.2) is 24.3 Å². The second kappa shape index (κ2) is 11.4. The highest BCUT2D eigenvalue weighted by Gasteiger charge is 2.53. The number of rotatable bonds is 9. The van der Waals surface area contributed by atoms with Gasteiger partial charge < -0.3 is 49.6 Å². The van der Waals surface area contributed by atoms with Gasteiger partial charge in [0.15, 0.2) is 12.4 Å². The Hall–Kier alpha value is -2.56. The predicted octanol–water partition coefficient (Wildman–Crippen LogP) is -3.48. The number of aliphatic hydroxyl groups excluding tert-OH is 5. The summed E-state index contributed by atoms with van der Waals surface area (Å²) in [6.07, 6.45) is -19.7. The maximum Gasteiger partial charge on any atom is 0.397 e. The van der Waals surface area contributed by atoms with E-state index in [1.54, 1.807) is 0 Å². The summed E-state index contributed by atoms with van der Waals surface area (Å²) in [5.41, 5.74) is -0.300. The summed E-state index contributed by atoms with van der Waals surface area (Å²) in [7, 11) is -5.02. The fraction of sp³-hybridized carbons (Fsp3) is 0.611. The summed E-state index contributed by atoms with van der Waals surface area (Å²) in [6.45, 7) is -1.04. The SMILES string of the molecule is O=C(O)[C@H]1O[C@@H](O[C@@H]2[C@@H](O)[C@H](Oc3ccc([N+](=O)[O-])cc3)O[C@H](COS(=O)(=O)O)[C@H]2O)[C@H](O)[C@@H](O)[C@@H]1O. The Bertz CT molecular complexity index is 1070. The van der Waals surface area contributed by atoms with Gasteiger partial charge in [-0.15, -0.1) is 0 Å². The van der Waals surface area contributed by atoms with Gasteiger partial charge in [-0.1, -0.05) is 0 Å². The van der Waals surface area contributed by atoms with Crippen LogP contribution in [0.2, 0.25) is 0 Å². The summed E-state index contributed by atoms with van der Waals surface area (Å²) in [6, 6.07) is 4.36. The molecule has 1 aromatic rings. The molecule has 7 N–H and O–H groups in total. The van der Waals surface area contributed by atoms with Crippen LogP contribution in [-0.4, -0.2) is 123 Å². The first-order chi connectivity index (χ1) is 17.2. The summed E-state index contributed by atoms with van der Waals surface area (Å²) < 4.78 is 56.0. The van der Waals surface area contributed by atoms with Crippen molar-refractivity contribution in [2.75, 3.05) is 6.61 Å². The Kier molecular flexibility index (Phi) is 8.97. The second-order valence-electron chi connectivity index (χ2n) is 7.94. The van der Waals surface area contributed by atoms with Gasteiger partial charge in [0.2, 0.25) is 6.29 Å². The van der Waals surface area contributed by atoms with Gasteiger partial charge in [0.05, 0.1) is 11.5 Å². The minimum absolute atomic E-state index is 0.0994. The smallest absolute Gasteiger partial charge is 0.397 e. The molecule has 0 amide bonds. The molecular weight excluding hydrogens is 534 g/mol. The van der Waals surface area contributed by atoms with Gasteiger partial charge in [0.25, 0.3) is 5.69 Å². The van der Waals surface area contributed by atoms with Gasteiger partial charge in [-0.25, -0.2) is 8.98 Å². The minimum Gasteiger partial charge on any atom is -0.479 e. The maximum atomic E-state index is 11.3. The van der Waals surface area contributed by atoms with E-state index in [0.717, 1.165) is 24.3 Å². The number of carbonyl (C=O) groups is 1. The number of nitro benzene ring substituents is 1. The Morgan fingerprint density at radius 3 is 2.11 bits per heavy atom. The average molecular weight is 557 g/mol. The number of nitro groups is 1. The van der Waals surface area contributed by atoms with E-state index in [-0.39, 0.29) is 11.4 Å². The zero-order valence-electron chi connectivity index (χ0n) is 18.4. The fourth-order valence-electron chi connectivity index (χ4n) is 3.55. The molecule has 1 aromatic carbocycles. The first-order valence-electron chi connectivity index (χ1n) is 10.3. The Morgan fingerprint density at radius 2 is 1.57 bits per heavy atom. The number of aliphatic carboxylic acids is 1. The van der Waals surface area contributed by atoms with Gasteiger partial charge >= 0.3 is 16.4 Å². The Morgan fingerprint density at radius 1 is 0.946 bits per heavy atom. The number of benzene rings is 1. The average Bonchev–Trinajstić information content (AvgIpc) is 2.82. The van der Waals surface area contributed by atoms with Crippen molar-refractivity contribution in [3.05, 3.63) is 34.4 Å². The van der Waals surface area contributed by atoms with Crippen molar-refractivity contribution >= 4 is 22.1 Å². The third kappa shape index (κ3) is 6.86. The number of ether oxygens (including phenoxy) is 4. The van der Waals surface area contributed by atoms with E-state index in [4.69, 9.17) is 23.5 Å². The highest BCUT2D eigenvalue weighted by Crippen LogP contribution is 2.31. The maximum absolute atomic E-state index is 11.3. The molecule has 0 saturated carbocycles. The third-order valence-electron chi connectivity index (χ3n) is 5.43. The van der Waals surface area contributed by atoms with Gasteiger partial charge in [-0.2, -0.15) is 8.42 Å². The number of carboxylic acids is 1. The number of hydrogen-bond donors (Lipinski definition) is 7. The zero-order valence-corrected chi connectivity index (χ0v) is 19.2. The molecule has 2 fully saturated rings. The summed E-state index contributed by atoms with van der Waals surface area (Å²) >= 11 is 0. The van der Waals surface area contributed by atoms with E-state index in [2.05, 4.69) is 4.18 Å². The molecule has 2 aliphatic heterocycles. The number of non-ortho nitro benzene ring substituents is 1. The largest absolute Gasteiger partial charge is 0.479 e. The van der Waals surface area contributed by atoms with Crippen LogP contribution >= 0.6 is 0 Å². The molecule has 0 unspecified atom stereocenters. The van der Waals surface area contributed by atoms with Crippen molar-refractivity contribution in [3.63, 3.8) is 0 Å². The van der Waals surface area contributed by atoms with Gasteiger partial charge in [0, 0.05) is 12.1 Å². The first kappa shape index (κ1) is 29.0. The lowest BCUT2D eigenvalue weighted by molar-refractivity contribution is -0.384. The molecular formula is C18H23NO17S. The van der Waals surface area contributed by atoms with E-state index in [0.29, 0.717) is 0 Å². The second-order valence-corrected chi connectivity index (χ2v) is 9.03. The van der Waals surface area contributed by atoms with E-state index in [1.165, 1.54) is 0 Å². The van der Waals surface area contributed by atoms with Crippen LogP contribution in [-0.2, 0) is 33.6 Å². The first-order valence-corrected chi connectivity index (χ1v) is 11.7. The standard InChI is InChI=1S/C18H23NO17S/c20-9-8(5-32-37(29,30)31)34-18(33-7-3-1-6(2-4-7)19(27)28)13(24)14(9)35-17-12(23)10(21)11(22)15(36-17)16(25)26/h1-4,8-15,17-18,20-24H,5H2,(H,25,26)(H,29,30,31)/t8-,9-,10+,11+,12-,13-,14+,15+,17-,18-/m1/s1. The predicted molar refractivity (Wildman–Crippen MR) is 111 cm³/mol. The van der Waals surface area contributed by atoms with Crippen molar-refractivity contribution in [1.82, 2.24) is 0 Å². The Balaban J connectivity index is 1.85. The topological polar surface area (TPSA) is 282 Å². The molecule has 37 heavy (non-hydrogen) atoms. The van der Waals surface area contributed by atoms with Gasteiger partial charge in [0.1, 0.15) is 48.5 Å².